The number of nitrogens with zero attached hydrogens (tertiary/aromatic N) is 3. The third-order valence-corrected chi connectivity index (χ3v) is 1.89. The molecule has 0 spiro atoms. The second-order valence-electron chi connectivity index (χ2n) is 2.74. The van der Waals surface area contributed by atoms with Crippen LogP contribution >= 0.6 is 0 Å². The lowest BCUT2D eigenvalue weighted by molar-refractivity contribution is 0.411. The Morgan fingerprint density at radius 3 is 2.79 bits per heavy atom. The summed E-state index contributed by atoms with van der Waals surface area (Å²) < 4.78 is 6.71. The van der Waals surface area contributed by atoms with Gasteiger partial charge in [0, 0.05) is 0 Å². The minimum atomic E-state index is 0.481. The molecule has 0 amide bonds. The number of methoxy groups -OCH3 is 1. The molecule has 0 fully saturated rings. The standard InChI is InChI=1S/C9H10N4O/c1-14-8-5-3-2-4-7(8)13-9(10)6-11-12-13/h2-6H,10H2,1H3. The van der Waals surface area contributed by atoms with E-state index in [-0.39, 0.29) is 0 Å². The molecule has 1 aromatic heterocycles. The van der Waals surface area contributed by atoms with Crippen molar-refractivity contribution in [3.8, 4) is 11.4 Å². The van der Waals surface area contributed by atoms with Gasteiger partial charge in [-0.1, -0.05) is 17.3 Å². The van der Waals surface area contributed by atoms with E-state index in [2.05, 4.69) is 10.3 Å². The number of anilines is 1. The highest BCUT2D eigenvalue weighted by Gasteiger charge is 2.07. The maximum atomic E-state index is 5.68. The van der Waals surface area contributed by atoms with E-state index in [4.69, 9.17) is 10.5 Å². The van der Waals surface area contributed by atoms with Crippen LogP contribution in [0.25, 0.3) is 5.69 Å². The molecular weight excluding hydrogens is 180 g/mol. The fourth-order valence-corrected chi connectivity index (χ4v) is 1.23. The van der Waals surface area contributed by atoms with Crippen LogP contribution in [0.5, 0.6) is 5.75 Å². The second kappa shape index (κ2) is 3.37. The summed E-state index contributed by atoms with van der Waals surface area (Å²) >= 11 is 0. The van der Waals surface area contributed by atoms with E-state index >= 15 is 0 Å². The van der Waals surface area contributed by atoms with Crippen LogP contribution < -0.4 is 10.5 Å². The monoisotopic (exact) mass is 190 g/mol. The number of rotatable bonds is 2. The van der Waals surface area contributed by atoms with Crippen LogP contribution in [0.4, 0.5) is 5.82 Å². The Morgan fingerprint density at radius 1 is 1.36 bits per heavy atom. The van der Waals surface area contributed by atoms with Gasteiger partial charge in [0.05, 0.1) is 13.3 Å². The molecule has 0 bridgehead atoms. The Morgan fingerprint density at radius 2 is 2.14 bits per heavy atom. The fourth-order valence-electron chi connectivity index (χ4n) is 1.23. The predicted molar refractivity (Wildman–Crippen MR) is 52.3 cm³/mol. The SMILES string of the molecule is COc1ccccc1-n1nncc1N. The zero-order chi connectivity index (χ0) is 9.97. The maximum Gasteiger partial charge on any atom is 0.147 e. The van der Waals surface area contributed by atoms with Gasteiger partial charge in [-0.15, -0.1) is 5.10 Å². The van der Waals surface area contributed by atoms with E-state index in [0.717, 1.165) is 5.69 Å². The summed E-state index contributed by atoms with van der Waals surface area (Å²) in [6.07, 6.45) is 1.49. The summed E-state index contributed by atoms with van der Waals surface area (Å²) in [5.74, 6) is 1.19. The highest BCUT2D eigenvalue weighted by atomic mass is 16.5. The van der Waals surface area contributed by atoms with Gasteiger partial charge >= 0.3 is 0 Å². The first-order valence-electron chi connectivity index (χ1n) is 4.12. The number of aromatic nitrogens is 3. The van der Waals surface area contributed by atoms with Crippen LogP contribution in [0.1, 0.15) is 0 Å². The molecule has 2 rings (SSSR count). The van der Waals surface area contributed by atoms with Crippen LogP contribution in [-0.4, -0.2) is 22.1 Å². The lowest BCUT2D eigenvalue weighted by Crippen LogP contribution is -2.03. The largest absolute Gasteiger partial charge is 0.494 e. The van der Waals surface area contributed by atoms with Crippen molar-refractivity contribution in [2.24, 2.45) is 0 Å². The summed E-state index contributed by atoms with van der Waals surface area (Å²) in [7, 11) is 1.60. The molecule has 1 aromatic carbocycles. The summed E-state index contributed by atoms with van der Waals surface area (Å²) in [6, 6.07) is 7.48. The molecule has 0 saturated heterocycles. The zero-order valence-electron chi connectivity index (χ0n) is 7.71. The Balaban J connectivity index is 2.56. The van der Waals surface area contributed by atoms with Crippen molar-refractivity contribution in [3.05, 3.63) is 30.5 Å². The summed E-state index contributed by atoms with van der Waals surface area (Å²) in [5.41, 5.74) is 6.46. The van der Waals surface area contributed by atoms with E-state index in [0.29, 0.717) is 11.6 Å². The Bertz CT molecular complexity index is 438. The molecule has 5 heteroatoms. The number of para-hydroxylation sites is 2. The highest BCUT2D eigenvalue weighted by molar-refractivity contribution is 5.49. The Labute approximate surface area is 81.1 Å². The van der Waals surface area contributed by atoms with Crippen molar-refractivity contribution in [2.45, 2.75) is 0 Å². The molecule has 0 saturated carbocycles. The third-order valence-electron chi connectivity index (χ3n) is 1.89. The van der Waals surface area contributed by atoms with Crippen LogP contribution in [-0.2, 0) is 0 Å². The molecule has 1 heterocycles. The van der Waals surface area contributed by atoms with Gasteiger partial charge in [-0.3, -0.25) is 0 Å². The number of ether oxygens (including phenoxy) is 1. The Kier molecular flexibility index (Phi) is 2.06. The molecule has 72 valence electrons. The Hall–Kier alpha value is -2.04. The number of benzene rings is 1. The topological polar surface area (TPSA) is 66.0 Å². The maximum absolute atomic E-state index is 5.68. The number of hydrogen-bond acceptors (Lipinski definition) is 4. The molecule has 2 N–H and O–H groups in total. The average molecular weight is 190 g/mol. The van der Waals surface area contributed by atoms with Gasteiger partial charge in [-0.25, -0.2) is 0 Å². The van der Waals surface area contributed by atoms with Gasteiger partial charge in [0.1, 0.15) is 17.3 Å². The minimum Gasteiger partial charge on any atom is -0.494 e. The van der Waals surface area contributed by atoms with Crippen molar-refractivity contribution in [2.75, 3.05) is 12.8 Å². The first-order chi connectivity index (χ1) is 6.83. The zero-order valence-corrected chi connectivity index (χ0v) is 7.71. The first kappa shape index (κ1) is 8.55. The molecule has 0 aliphatic heterocycles. The van der Waals surface area contributed by atoms with Gasteiger partial charge in [0.15, 0.2) is 0 Å². The third kappa shape index (κ3) is 1.28. The molecule has 0 unspecified atom stereocenters. The lowest BCUT2D eigenvalue weighted by atomic mass is 10.3. The lowest BCUT2D eigenvalue weighted by Gasteiger charge is -2.07. The minimum absolute atomic E-state index is 0.481. The van der Waals surface area contributed by atoms with Crippen molar-refractivity contribution in [1.29, 1.82) is 0 Å². The molecular formula is C9H10N4O. The van der Waals surface area contributed by atoms with Crippen LogP contribution in [0.15, 0.2) is 30.5 Å². The predicted octanol–water partition coefficient (Wildman–Crippen LogP) is 0.858. The molecule has 0 aliphatic carbocycles. The van der Waals surface area contributed by atoms with E-state index in [9.17, 15) is 0 Å². The smallest absolute Gasteiger partial charge is 0.147 e. The number of nitrogens with two attached hydrogens (primary N) is 1. The number of nitrogen functional groups attached to an aromatic ring is 1. The normalized spacial score (nSPS) is 10.1. The summed E-state index contributed by atoms with van der Waals surface area (Å²) in [6.45, 7) is 0. The van der Waals surface area contributed by atoms with Crippen LogP contribution in [0.2, 0.25) is 0 Å². The van der Waals surface area contributed by atoms with E-state index in [1.165, 1.54) is 10.9 Å². The molecule has 0 aliphatic rings. The van der Waals surface area contributed by atoms with Gasteiger partial charge in [-0.2, -0.15) is 4.68 Å². The molecule has 5 nitrogen and oxygen atoms in total. The van der Waals surface area contributed by atoms with Crippen LogP contribution in [0, 0.1) is 0 Å². The first-order valence-corrected chi connectivity index (χ1v) is 4.12. The van der Waals surface area contributed by atoms with E-state index in [1.807, 2.05) is 24.3 Å². The summed E-state index contributed by atoms with van der Waals surface area (Å²) in [5, 5.41) is 7.56. The second-order valence-corrected chi connectivity index (χ2v) is 2.74. The quantitative estimate of drug-likeness (QED) is 0.762. The molecule has 0 radical (unpaired) electrons. The van der Waals surface area contributed by atoms with E-state index < -0.39 is 0 Å². The number of hydrogen-bond donors (Lipinski definition) is 1. The van der Waals surface area contributed by atoms with Crippen molar-refractivity contribution in [3.63, 3.8) is 0 Å². The van der Waals surface area contributed by atoms with E-state index in [1.54, 1.807) is 7.11 Å². The van der Waals surface area contributed by atoms with Crippen molar-refractivity contribution >= 4 is 5.82 Å². The van der Waals surface area contributed by atoms with Gasteiger partial charge in [0.2, 0.25) is 0 Å². The fraction of sp³-hybridized carbons (Fsp3) is 0.111. The van der Waals surface area contributed by atoms with Gasteiger partial charge < -0.3 is 10.5 Å². The van der Waals surface area contributed by atoms with Crippen LogP contribution in [0.3, 0.4) is 0 Å². The van der Waals surface area contributed by atoms with Gasteiger partial charge in [-0.05, 0) is 12.1 Å². The van der Waals surface area contributed by atoms with Crippen molar-refractivity contribution < 1.29 is 4.74 Å². The molecule has 2 aromatic rings. The van der Waals surface area contributed by atoms with Gasteiger partial charge in [0.25, 0.3) is 0 Å². The van der Waals surface area contributed by atoms with Crippen molar-refractivity contribution in [1.82, 2.24) is 15.0 Å². The summed E-state index contributed by atoms with van der Waals surface area (Å²) in [4.78, 5) is 0. The molecule has 0 atom stereocenters. The highest BCUT2D eigenvalue weighted by Crippen LogP contribution is 2.22. The average Bonchev–Trinajstić information content (AvgIpc) is 2.64. The molecule has 14 heavy (non-hydrogen) atoms.